The summed E-state index contributed by atoms with van der Waals surface area (Å²) in [5, 5.41) is 0. The van der Waals surface area contributed by atoms with Gasteiger partial charge in [-0.05, 0) is 48.9 Å². The van der Waals surface area contributed by atoms with Crippen LogP contribution in [-0.2, 0) is 9.59 Å². The number of carbonyl (C=O) groups excluding carboxylic acids is 2. The van der Waals surface area contributed by atoms with E-state index in [1.165, 1.54) is 0 Å². The van der Waals surface area contributed by atoms with Gasteiger partial charge in [-0.25, -0.2) is 0 Å². The Morgan fingerprint density at radius 2 is 1.83 bits per heavy atom. The average Bonchev–Trinajstić information content (AvgIpc) is 2.97. The number of amides is 1. The Morgan fingerprint density at radius 1 is 1.12 bits per heavy atom. The molecular formula is C19H19NO4. The van der Waals surface area contributed by atoms with E-state index < -0.39 is 5.92 Å². The van der Waals surface area contributed by atoms with Gasteiger partial charge in [0.1, 0.15) is 11.5 Å². The fourth-order valence-corrected chi connectivity index (χ4v) is 2.75. The molecule has 2 aromatic carbocycles. The molecule has 5 heteroatoms. The fourth-order valence-electron chi connectivity index (χ4n) is 2.75. The molecule has 24 heavy (non-hydrogen) atoms. The second-order valence-corrected chi connectivity index (χ2v) is 5.84. The molecule has 0 unspecified atom stereocenters. The van der Waals surface area contributed by atoms with E-state index in [1.807, 2.05) is 31.2 Å². The number of rotatable bonds is 4. The number of methoxy groups -OCH3 is 1. The summed E-state index contributed by atoms with van der Waals surface area (Å²) < 4.78 is 10.4. The number of hydrogen-bond acceptors (Lipinski definition) is 4. The molecule has 0 radical (unpaired) electrons. The van der Waals surface area contributed by atoms with Gasteiger partial charge in [-0.2, -0.15) is 0 Å². The summed E-state index contributed by atoms with van der Waals surface area (Å²) >= 11 is 0. The Bertz CT molecular complexity index is 754. The van der Waals surface area contributed by atoms with Crippen molar-refractivity contribution in [2.75, 3.05) is 18.6 Å². The molecule has 0 saturated carbocycles. The molecule has 1 saturated heterocycles. The van der Waals surface area contributed by atoms with Gasteiger partial charge in [0, 0.05) is 18.7 Å². The van der Waals surface area contributed by atoms with Gasteiger partial charge in [-0.1, -0.05) is 12.1 Å². The number of nitrogens with zero attached hydrogens (tertiary/aromatic N) is 1. The maximum absolute atomic E-state index is 12.3. The number of benzene rings is 2. The molecule has 1 amide bonds. The van der Waals surface area contributed by atoms with Crippen LogP contribution in [-0.4, -0.2) is 25.5 Å². The number of carbonyl (C=O) groups is 2. The van der Waals surface area contributed by atoms with Gasteiger partial charge in [-0.3, -0.25) is 9.59 Å². The van der Waals surface area contributed by atoms with E-state index in [2.05, 4.69) is 0 Å². The quantitative estimate of drug-likeness (QED) is 0.640. The van der Waals surface area contributed by atoms with Crippen LogP contribution in [0.25, 0.3) is 0 Å². The van der Waals surface area contributed by atoms with Gasteiger partial charge in [0.05, 0.1) is 13.0 Å². The topological polar surface area (TPSA) is 55.8 Å². The van der Waals surface area contributed by atoms with Gasteiger partial charge < -0.3 is 14.4 Å². The molecule has 0 bridgehead atoms. The Hall–Kier alpha value is -2.82. The van der Waals surface area contributed by atoms with Gasteiger partial charge in [-0.15, -0.1) is 0 Å². The van der Waals surface area contributed by atoms with Gasteiger partial charge >= 0.3 is 5.97 Å². The molecule has 0 spiro atoms. The summed E-state index contributed by atoms with van der Waals surface area (Å²) in [4.78, 5) is 26.2. The van der Waals surface area contributed by atoms with E-state index in [4.69, 9.17) is 9.47 Å². The Kier molecular flexibility index (Phi) is 4.51. The van der Waals surface area contributed by atoms with Crippen LogP contribution in [0.2, 0.25) is 0 Å². The van der Waals surface area contributed by atoms with Crippen molar-refractivity contribution < 1.29 is 19.1 Å². The minimum atomic E-state index is -0.458. The monoisotopic (exact) mass is 325 g/mol. The lowest BCUT2D eigenvalue weighted by Crippen LogP contribution is -2.27. The van der Waals surface area contributed by atoms with Crippen LogP contribution < -0.4 is 14.4 Å². The first-order chi connectivity index (χ1) is 11.6. The van der Waals surface area contributed by atoms with Crippen molar-refractivity contribution >= 4 is 17.6 Å². The third-order valence-electron chi connectivity index (χ3n) is 4.05. The first-order valence-electron chi connectivity index (χ1n) is 7.79. The zero-order valence-corrected chi connectivity index (χ0v) is 13.7. The van der Waals surface area contributed by atoms with E-state index in [9.17, 15) is 9.59 Å². The highest BCUT2D eigenvalue weighted by Gasteiger charge is 2.36. The first-order valence-corrected chi connectivity index (χ1v) is 7.79. The van der Waals surface area contributed by atoms with Gasteiger partial charge in [0.2, 0.25) is 5.91 Å². The summed E-state index contributed by atoms with van der Waals surface area (Å²) in [5.74, 6) is 0.236. The number of esters is 1. The maximum atomic E-state index is 12.3. The molecule has 5 nitrogen and oxygen atoms in total. The van der Waals surface area contributed by atoms with Crippen LogP contribution in [0.15, 0.2) is 48.5 Å². The van der Waals surface area contributed by atoms with Crippen LogP contribution in [0.5, 0.6) is 11.5 Å². The normalized spacial score (nSPS) is 17.0. The van der Waals surface area contributed by atoms with Gasteiger partial charge in [0.25, 0.3) is 0 Å². The van der Waals surface area contributed by atoms with Crippen molar-refractivity contribution in [1.29, 1.82) is 0 Å². The van der Waals surface area contributed by atoms with Crippen molar-refractivity contribution in [1.82, 2.24) is 0 Å². The molecule has 1 aliphatic rings. The Balaban J connectivity index is 1.67. The number of anilines is 1. The molecule has 1 atom stereocenters. The van der Waals surface area contributed by atoms with E-state index in [0.717, 1.165) is 11.3 Å². The Labute approximate surface area is 140 Å². The summed E-state index contributed by atoms with van der Waals surface area (Å²) in [6, 6.07) is 14.5. The predicted molar refractivity (Wildman–Crippen MR) is 90.3 cm³/mol. The first kappa shape index (κ1) is 16.1. The smallest absolute Gasteiger partial charge is 0.316 e. The van der Waals surface area contributed by atoms with Crippen LogP contribution in [0, 0.1) is 12.8 Å². The second-order valence-electron chi connectivity index (χ2n) is 5.84. The van der Waals surface area contributed by atoms with E-state index in [0.29, 0.717) is 18.0 Å². The molecule has 0 N–H and O–H groups in total. The van der Waals surface area contributed by atoms with Crippen molar-refractivity contribution in [3.05, 3.63) is 54.1 Å². The standard InChI is InChI=1S/C19H19NO4/c1-13-4-3-5-15(10-13)20-12-14(11-18(20)21)19(22)24-17-8-6-16(23-2)7-9-17/h3-10,14H,11-12H2,1-2H3/t14-/m0/s1. The SMILES string of the molecule is COc1ccc(OC(=O)[C@H]2CC(=O)N(c3cccc(C)c3)C2)cc1. The van der Waals surface area contributed by atoms with E-state index in [-0.39, 0.29) is 18.3 Å². The fraction of sp³-hybridized carbons (Fsp3) is 0.263. The van der Waals surface area contributed by atoms with Crippen LogP contribution >= 0.6 is 0 Å². The van der Waals surface area contributed by atoms with Crippen molar-refractivity contribution in [3.8, 4) is 11.5 Å². The summed E-state index contributed by atoms with van der Waals surface area (Å²) in [6.07, 6.45) is 0.170. The number of aryl methyl sites for hydroxylation is 1. The molecule has 3 rings (SSSR count). The molecular weight excluding hydrogens is 306 g/mol. The Morgan fingerprint density at radius 3 is 2.50 bits per heavy atom. The molecule has 0 aliphatic carbocycles. The predicted octanol–water partition coefficient (Wildman–Crippen LogP) is 2.96. The zero-order valence-electron chi connectivity index (χ0n) is 13.7. The summed E-state index contributed by atoms with van der Waals surface area (Å²) in [6.45, 7) is 2.32. The summed E-state index contributed by atoms with van der Waals surface area (Å²) in [5.41, 5.74) is 1.89. The van der Waals surface area contributed by atoms with Crippen molar-refractivity contribution in [2.24, 2.45) is 5.92 Å². The lowest BCUT2D eigenvalue weighted by Gasteiger charge is -2.17. The third-order valence-corrected chi connectivity index (χ3v) is 4.05. The van der Waals surface area contributed by atoms with E-state index in [1.54, 1.807) is 36.3 Å². The largest absolute Gasteiger partial charge is 0.497 e. The second kappa shape index (κ2) is 6.74. The third kappa shape index (κ3) is 3.40. The lowest BCUT2D eigenvalue weighted by molar-refractivity contribution is -0.139. The number of hydrogen-bond donors (Lipinski definition) is 0. The molecule has 1 fully saturated rings. The lowest BCUT2D eigenvalue weighted by atomic mass is 10.1. The van der Waals surface area contributed by atoms with Crippen LogP contribution in [0.1, 0.15) is 12.0 Å². The molecule has 0 aromatic heterocycles. The molecule has 1 aliphatic heterocycles. The van der Waals surface area contributed by atoms with Crippen LogP contribution in [0.3, 0.4) is 0 Å². The van der Waals surface area contributed by atoms with Crippen LogP contribution in [0.4, 0.5) is 5.69 Å². The zero-order chi connectivity index (χ0) is 17.1. The van der Waals surface area contributed by atoms with Crippen molar-refractivity contribution in [2.45, 2.75) is 13.3 Å². The minimum absolute atomic E-state index is 0.0581. The minimum Gasteiger partial charge on any atom is -0.497 e. The van der Waals surface area contributed by atoms with Crippen molar-refractivity contribution in [3.63, 3.8) is 0 Å². The summed E-state index contributed by atoms with van der Waals surface area (Å²) in [7, 11) is 1.57. The molecule has 2 aromatic rings. The molecule has 1 heterocycles. The average molecular weight is 325 g/mol. The highest BCUT2D eigenvalue weighted by molar-refractivity contribution is 5.99. The molecule has 124 valence electrons. The van der Waals surface area contributed by atoms with Gasteiger partial charge in [0.15, 0.2) is 0 Å². The maximum Gasteiger partial charge on any atom is 0.316 e. The highest BCUT2D eigenvalue weighted by atomic mass is 16.5. The van der Waals surface area contributed by atoms with E-state index >= 15 is 0 Å². The number of ether oxygens (including phenoxy) is 2. The highest BCUT2D eigenvalue weighted by Crippen LogP contribution is 2.27.